The largest absolute Gasteiger partial charge is 0.496 e. The van der Waals surface area contributed by atoms with Gasteiger partial charge in [-0.05, 0) is 48.0 Å². The fraction of sp³-hybridized carbons (Fsp3) is 0.143. The Balaban J connectivity index is 1.62. The van der Waals surface area contributed by atoms with Crippen molar-refractivity contribution in [3.8, 4) is 5.75 Å². The average Bonchev–Trinajstić information content (AvgIpc) is 2.68. The van der Waals surface area contributed by atoms with Crippen molar-refractivity contribution in [2.24, 2.45) is 5.10 Å². The molecule has 0 radical (unpaired) electrons. The van der Waals surface area contributed by atoms with Crippen molar-refractivity contribution in [2.45, 2.75) is 13.0 Å². The number of carbonyl (C=O) groups is 1. The van der Waals surface area contributed by atoms with Crippen molar-refractivity contribution >= 4 is 44.5 Å². The molecule has 27 heavy (non-hydrogen) atoms. The quantitative estimate of drug-likeness (QED) is 0.449. The molecule has 3 aromatic carbocycles. The first-order valence-electron chi connectivity index (χ1n) is 8.48. The zero-order valence-corrected chi connectivity index (χ0v) is 16.7. The third kappa shape index (κ3) is 4.86. The second-order valence-corrected chi connectivity index (χ2v) is 6.96. The van der Waals surface area contributed by atoms with Gasteiger partial charge in [0.1, 0.15) is 11.8 Å². The zero-order chi connectivity index (χ0) is 19.2. The number of hydrogen-bond donors (Lipinski definition) is 2. The maximum absolute atomic E-state index is 12.3. The molecular formula is C21H20BrN3O2. The van der Waals surface area contributed by atoms with Gasteiger partial charge in [0.25, 0.3) is 5.91 Å². The summed E-state index contributed by atoms with van der Waals surface area (Å²) in [5.74, 6) is 0.451. The molecule has 0 bridgehead atoms. The number of amides is 1. The van der Waals surface area contributed by atoms with E-state index in [9.17, 15) is 4.79 Å². The van der Waals surface area contributed by atoms with Gasteiger partial charge in [-0.15, -0.1) is 0 Å². The number of methoxy groups -OCH3 is 1. The fourth-order valence-corrected chi connectivity index (χ4v) is 3.04. The first-order valence-corrected chi connectivity index (χ1v) is 9.28. The van der Waals surface area contributed by atoms with E-state index in [2.05, 4.69) is 37.8 Å². The first kappa shape index (κ1) is 18.9. The lowest BCUT2D eigenvalue weighted by molar-refractivity contribution is -0.121. The molecule has 138 valence electrons. The van der Waals surface area contributed by atoms with Crippen LogP contribution in [0.3, 0.4) is 0 Å². The number of benzene rings is 3. The molecule has 0 aliphatic heterocycles. The maximum Gasteiger partial charge on any atom is 0.262 e. The summed E-state index contributed by atoms with van der Waals surface area (Å²) in [7, 11) is 1.59. The summed E-state index contributed by atoms with van der Waals surface area (Å²) in [6.45, 7) is 1.79. The molecule has 6 heteroatoms. The normalized spacial score (nSPS) is 12.1. The number of fused-ring (bicyclic) bond motifs is 1. The molecule has 2 N–H and O–H groups in total. The van der Waals surface area contributed by atoms with Crippen LogP contribution in [0.15, 0.2) is 70.2 Å². The van der Waals surface area contributed by atoms with E-state index in [4.69, 9.17) is 4.74 Å². The maximum atomic E-state index is 12.3. The van der Waals surface area contributed by atoms with E-state index in [-0.39, 0.29) is 5.91 Å². The second kappa shape index (κ2) is 8.68. The third-order valence-electron chi connectivity index (χ3n) is 4.10. The molecule has 0 aliphatic rings. The molecule has 0 aliphatic carbocycles. The number of rotatable bonds is 6. The summed E-state index contributed by atoms with van der Waals surface area (Å²) in [5.41, 5.74) is 4.21. The number of nitrogens with zero attached hydrogens (tertiary/aromatic N) is 1. The number of ether oxygens (including phenoxy) is 1. The van der Waals surface area contributed by atoms with Crippen LogP contribution >= 0.6 is 15.9 Å². The van der Waals surface area contributed by atoms with E-state index in [0.29, 0.717) is 5.75 Å². The van der Waals surface area contributed by atoms with E-state index < -0.39 is 6.04 Å². The van der Waals surface area contributed by atoms with Gasteiger partial charge in [0.2, 0.25) is 0 Å². The smallest absolute Gasteiger partial charge is 0.262 e. The highest BCUT2D eigenvalue weighted by Gasteiger charge is 2.12. The van der Waals surface area contributed by atoms with Gasteiger partial charge < -0.3 is 10.1 Å². The predicted molar refractivity (Wildman–Crippen MR) is 113 cm³/mol. The fourth-order valence-electron chi connectivity index (χ4n) is 2.66. The second-order valence-electron chi connectivity index (χ2n) is 6.05. The highest BCUT2D eigenvalue weighted by Crippen LogP contribution is 2.21. The summed E-state index contributed by atoms with van der Waals surface area (Å²) in [5, 5.41) is 9.51. The number of anilines is 1. The van der Waals surface area contributed by atoms with Gasteiger partial charge in [-0.1, -0.05) is 46.3 Å². The molecule has 0 fully saturated rings. The van der Waals surface area contributed by atoms with Gasteiger partial charge in [0, 0.05) is 15.7 Å². The standard InChI is InChI=1S/C21H20BrN3O2/c1-14(24-19-9-7-15-5-3-4-6-16(15)12-19)21(26)25-23-13-17-11-18(22)8-10-20(17)27-2/h3-14,24H,1-2H3,(H,25,26)/b23-13-/t14-/m0/s1. The highest BCUT2D eigenvalue weighted by atomic mass is 79.9. The van der Waals surface area contributed by atoms with E-state index in [1.807, 2.05) is 54.6 Å². The van der Waals surface area contributed by atoms with E-state index >= 15 is 0 Å². The molecular weight excluding hydrogens is 406 g/mol. The number of hydrazone groups is 1. The van der Waals surface area contributed by atoms with Gasteiger partial charge in [0.05, 0.1) is 13.3 Å². The summed E-state index contributed by atoms with van der Waals surface area (Å²) in [6, 6.07) is 19.2. The van der Waals surface area contributed by atoms with Crippen molar-refractivity contribution < 1.29 is 9.53 Å². The molecule has 1 atom stereocenters. The van der Waals surface area contributed by atoms with Gasteiger partial charge in [0.15, 0.2) is 0 Å². The number of carbonyl (C=O) groups excluding carboxylic acids is 1. The Kier molecular flexibility index (Phi) is 6.08. The van der Waals surface area contributed by atoms with Crippen LogP contribution in [0, 0.1) is 0 Å². The summed E-state index contributed by atoms with van der Waals surface area (Å²) >= 11 is 3.41. The van der Waals surface area contributed by atoms with E-state index in [1.54, 1.807) is 20.2 Å². The van der Waals surface area contributed by atoms with Crippen LogP contribution in [-0.2, 0) is 4.79 Å². The molecule has 3 aromatic rings. The molecule has 1 amide bonds. The minimum absolute atomic E-state index is 0.228. The monoisotopic (exact) mass is 425 g/mol. The van der Waals surface area contributed by atoms with E-state index in [1.165, 1.54) is 0 Å². The van der Waals surface area contributed by atoms with Crippen molar-refractivity contribution in [1.29, 1.82) is 0 Å². The molecule has 0 saturated carbocycles. The lowest BCUT2D eigenvalue weighted by Gasteiger charge is -2.14. The zero-order valence-electron chi connectivity index (χ0n) is 15.1. The van der Waals surface area contributed by atoms with Crippen LogP contribution in [0.25, 0.3) is 10.8 Å². The van der Waals surface area contributed by atoms with Gasteiger partial charge in [-0.25, -0.2) is 5.43 Å². The Morgan fingerprint density at radius 3 is 2.67 bits per heavy atom. The Morgan fingerprint density at radius 1 is 1.11 bits per heavy atom. The molecule has 0 spiro atoms. The average molecular weight is 426 g/mol. The molecule has 3 rings (SSSR count). The van der Waals surface area contributed by atoms with Crippen molar-refractivity contribution in [3.05, 3.63) is 70.7 Å². The number of hydrogen-bond acceptors (Lipinski definition) is 4. The number of nitrogens with one attached hydrogen (secondary N) is 2. The molecule has 0 unspecified atom stereocenters. The molecule has 0 aromatic heterocycles. The van der Waals surface area contributed by atoms with Crippen LogP contribution < -0.4 is 15.5 Å². The SMILES string of the molecule is COc1ccc(Br)cc1/C=N\NC(=O)[C@H](C)Nc1ccc2ccccc2c1. The summed E-state index contributed by atoms with van der Waals surface area (Å²) in [4.78, 5) is 12.3. The topological polar surface area (TPSA) is 62.7 Å². The van der Waals surface area contributed by atoms with Crippen molar-refractivity contribution in [1.82, 2.24) is 5.43 Å². The lowest BCUT2D eigenvalue weighted by Crippen LogP contribution is -2.34. The summed E-state index contributed by atoms with van der Waals surface area (Å²) < 4.78 is 6.19. The lowest BCUT2D eigenvalue weighted by atomic mass is 10.1. The number of halogens is 1. The van der Waals surface area contributed by atoms with Crippen LogP contribution in [-0.4, -0.2) is 25.3 Å². The molecule has 0 saturated heterocycles. The van der Waals surface area contributed by atoms with Gasteiger partial charge in [-0.2, -0.15) is 5.10 Å². The van der Waals surface area contributed by atoms with Crippen LogP contribution in [0.4, 0.5) is 5.69 Å². The van der Waals surface area contributed by atoms with Gasteiger partial charge in [-0.3, -0.25) is 4.79 Å². The minimum atomic E-state index is -0.437. The van der Waals surface area contributed by atoms with Crippen LogP contribution in [0.2, 0.25) is 0 Å². The third-order valence-corrected chi connectivity index (χ3v) is 4.59. The Bertz CT molecular complexity index is 988. The van der Waals surface area contributed by atoms with Gasteiger partial charge >= 0.3 is 0 Å². The summed E-state index contributed by atoms with van der Waals surface area (Å²) in [6.07, 6.45) is 1.56. The Hall–Kier alpha value is -2.86. The van der Waals surface area contributed by atoms with Crippen molar-refractivity contribution in [3.63, 3.8) is 0 Å². The molecule has 0 heterocycles. The highest BCUT2D eigenvalue weighted by molar-refractivity contribution is 9.10. The van der Waals surface area contributed by atoms with Crippen LogP contribution in [0.1, 0.15) is 12.5 Å². The van der Waals surface area contributed by atoms with Crippen molar-refractivity contribution in [2.75, 3.05) is 12.4 Å². The van der Waals surface area contributed by atoms with E-state index in [0.717, 1.165) is 26.5 Å². The first-order chi connectivity index (χ1) is 13.1. The Labute approximate surface area is 166 Å². The van der Waals surface area contributed by atoms with Crippen LogP contribution in [0.5, 0.6) is 5.75 Å². The Morgan fingerprint density at radius 2 is 1.89 bits per heavy atom. The molecule has 5 nitrogen and oxygen atoms in total. The minimum Gasteiger partial charge on any atom is -0.496 e. The predicted octanol–water partition coefficient (Wildman–Crippen LogP) is 4.56.